The number of piperidine rings is 3. The van der Waals surface area contributed by atoms with Crippen molar-refractivity contribution in [2.24, 2.45) is 5.92 Å². The molecule has 2 N–H and O–H groups in total. The van der Waals surface area contributed by atoms with Crippen molar-refractivity contribution in [2.75, 3.05) is 13.1 Å². The first-order valence-electron chi connectivity index (χ1n) is 9.79. The Morgan fingerprint density at radius 2 is 2.04 bits per heavy atom. The second kappa shape index (κ2) is 6.82. The Morgan fingerprint density at radius 1 is 1.19 bits per heavy atom. The molecule has 2 atom stereocenters. The topological polar surface area (TPSA) is 61.0 Å². The summed E-state index contributed by atoms with van der Waals surface area (Å²) in [6.45, 7) is 2.27. The van der Waals surface area contributed by atoms with Crippen LogP contribution in [-0.4, -0.2) is 45.9 Å². The first-order valence-corrected chi connectivity index (χ1v) is 9.79. The Morgan fingerprint density at radius 3 is 2.81 bits per heavy atom. The van der Waals surface area contributed by atoms with Gasteiger partial charge >= 0.3 is 0 Å². The molecule has 6 rings (SSSR count). The van der Waals surface area contributed by atoms with Gasteiger partial charge in [0.25, 0.3) is 5.91 Å². The zero-order valence-electron chi connectivity index (χ0n) is 15.3. The molecule has 3 aliphatic heterocycles. The van der Waals surface area contributed by atoms with Gasteiger partial charge in [0.15, 0.2) is 0 Å². The number of aromatic amines is 1. The van der Waals surface area contributed by atoms with Crippen LogP contribution in [-0.2, 0) is 6.42 Å². The number of pyridine rings is 1. The van der Waals surface area contributed by atoms with E-state index in [0.29, 0.717) is 17.7 Å². The quantitative estimate of drug-likeness (QED) is 0.752. The molecule has 3 saturated heterocycles. The number of carbonyl (C=O) groups excluding carboxylic acids is 1. The Labute approximate surface area is 158 Å². The lowest BCUT2D eigenvalue weighted by Crippen LogP contribution is -2.64. The van der Waals surface area contributed by atoms with Crippen LogP contribution in [0.3, 0.4) is 0 Å². The van der Waals surface area contributed by atoms with E-state index in [4.69, 9.17) is 0 Å². The number of H-pyrrole nitrogens is 1. The molecular weight excluding hydrogens is 336 g/mol. The minimum absolute atomic E-state index is 0.00105. The number of nitrogens with zero attached hydrogens (tertiary/aromatic N) is 2. The van der Waals surface area contributed by atoms with Crippen LogP contribution in [0.15, 0.2) is 54.9 Å². The summed E-state index contributed by atoms with van der Waals surface area (Å²) in [6.07, 6.45) is 7.02. The molecule has 3 aliphatic rings. The Hall–Kier alpha value is -2.66. The number of aromatic nitrogens is 2. The number of carbonyl (C=O) groups is 1. The lowest BCUT2D eigenvalue weighted by Gasteiger charge is -2.51. The fourth-order valence-electron chi connectivity index (χ4n) is 4.81. The van der Waals surface area contributed by atoms with Crippen molar-refractivity contribution in [1.82, 2.24) is 20.2 Å². The molecular formula is C22H24N4O. The van der Waals surface area contributed by atoms with E-state index >= 15 is 0 Å². The molecule has 2 aromatic heterocycles. The summed E-state index contributed by atoms with van der Waals surface area (Å²) in [4.78, 5) is 23.0. The van der Waals surface area contributed by atoms with Crippen LogP contribution in [0, 0.1) is 5.92 Å². The van der Waals surface area contributed by atoms with Crippen molar-refractivity contribution in [3.63, 3.8) is 0 Å². The predicted molar refractivity (Wildman–Crippen MR) is 106 cm³/mol. The van der Waals surface area contributed by atoms with Crippen LogP contribution in [0.5, 0.6) is 0 Å². The van der Waals surface area contributed by atoms with Gasteiger partial charge in [0, 0.05) is 35.4 Å². The molecule has 0 saturated carbocycles. The smallest absolute Gasteiger partial charge is 0.268 e. The highest BCUT2D eigenvalue weighted by molar-refractivity contribution is 5.98. The van der Waals surface area contributed by atoms with E-state index in [-0.39, 0.29) is 11.9 Å². The predicted octanol–water partition coefficient (Wildman–Crippen LogP) is 3.00. The van der Waals surface area contributed by atoms with E-state index in [1.54, 1.807) is 0 Å². The highest BCUT2D eigenvalue weighted by atomic mass is 16.2. The molecule has 5 heteroatoms. The second-order valence-electron chi connectivity index (χ2n) is 7.78. The first kappa shape index (κ1) is 16.5. The molecule has 1 aromatic carbocycles. The lowest BCUT2D eigenvalue weighted by molar-refractivity contribution is 0.0135. The summed E-state index contributed by atoms with van der Waals surface area (Å²) in [5.41, 5.74) is 2.89. The number of hydrogen-bond acceptors (Lipinski definition) is 3. The zero-order valence-corrected chi connectivity index (χ0v) is 15.3. The minimum atomic E-state index is 0.00105. The van der Waals surface area contributed by atoms with Gasteiger partial charge in [-0.3, -0.25) is 14.7 Å². The summed E-state index contributed by atoms with van der Waals surface area (Å²) in [5, 5.41) is 4.44. The number of hydrogen-bond donors (Lipinski definition) is 2. The van der Waals surface area contributed by atoms with Crippen molar-refractivity contribution in [1.29, 1.82) is 0 Å². The van der Waals surface area contributed by atoms with E-state index in [2.05, 4.69) is 26.3 Å². The van der Waals surface area contributed by atoms with Gasteiger partial charge in [-0.05, 0) is 62.0 Å². The molecule has 0 aliphatic carbocycles. The Kier molecular flexibility index (Phi) is 4.17. The van der Waals surface area contributed by atoms with Gasteiger partial charge < -0.3 is 10.3 Å². The van der Waals surface area contributed by atoms with Crippen molar-refractivity contribution >= 4 is 16.8 Å². The molecule has 138 valence electrons. The van der Waals surface area contributed by atoms with Gasteiger partial charge in [-0.1, -0.05) is 24.3 Å². The van der Waals surface area contributed by atoms with Crippen molar-refractivity contribution in [3.05, 3.63) is 66.1 Å². The fraction of sp³-hybridized carbons (Fsp3) is 0.364. The van der Waals surface area contributed by atoms with E-state index in [0.717, 1.165) is 30.4 Å². The van der Waals surface area contributed by atoms with Gasteiger partial charge in [0.05, 0.1) is 0 Å². The molecule has 3 aromatic rings. The van der Waals surface area contributed by atoms with Gasteiger partial charge in [-0.2, -0.15) is 0 Å². The third-order valence-electron chi connectivity index (χ3n) is 6.21. The van der Waals surface area contributed by atoms with Crippen molar-refractivity contribution < 1.29 is 4.79 Å². The highest BCUT2D eigenvalue weighted by Gasteiger charge is 2.42. The van der Waals surface area contributed by atoms with Gasteiger partial charge in [0.1, 0.15) is 5.69 Å². The number of para-hydroxylation sites is 1. The van der Waals surface area contributed by atoms with Crippen LogP contribution < -0.4 is 5.32 Å². The zero-order chi connectivity index (χ0) is 18.2. The van der Waals surface area contributed by atoms with Gasteiger partial charge in [0.2, 0.25) is 0 Å². The van der Waals surface area contributed by atoms with Crippen molar-refractivity contribution in [3.8, 4) is 0 Å². The number of amides is 1. The maximum absolute atomic E-state index is 13.0. The maximum Gasteiger partial charge on any atom is 0.268 e. The minimum Gasteiger partial charge on any atom is -0.351 e. The normalized spacial score (nSPS) is 27.0. The molecule has 2 bridgehead atoms. The molecule has 5 nitrogen and oxygen atoms in total. The van der Waals surface area contributed by atoms with E-state index in [1.807, 2.05) is 48.8 Å². The molecule has 1 amide bonds. The largest absolute Gasteiger partial charge is 0.351 e. The standard InChI is InChI=1S/C22H24N4O/c27-22(19-13-17-5-1-2-6-18(17)24-19)25-21-16-7-10-26(11-8-16)20(21)12-15-4-3-9-23-14-15/h1-6,9,13-14,16,20-21,24H,7-8,10-12H2,(H,25,27). The summed E-state index contributed by atoms with van der Waals surface area (Å²) >= 11 is 0. The van der Waals surface area contributed by atoms with Crippen LogP contribution in [0.2, 0.25) is 0 Å². The summed E-state index contributed by atoms with van der Waals surface area (Å²) < 4.78 is 0. The molecule has 27 heavy (non-hydrogen) atoms. The Balaban J connectivity index is 1.38. The third-order valence-corrected chi connectivity index (χ3v) is 6.21. The second-order valence-corrected chi connectivity index (χ2v) is 7.78. The van der Waals surface area contributed by atoms with E-state index in [9.17, 15) is 4.79 Å². The van der Waals surface area contributed by atoms with Crippen LogP contribution in [0.25, 0.3) is 10.9 Å². The van der Waals surface area contributed by atoms with Gasteiger partial charge in [-0.25, -0.2) is 0 Å². The molecule has 5 heterocycles. The maximum atomic E-state index is 13.0. The third kappa shape index (κ3) is 3.12. The highest BCUT2D eigenvalue weighted by Crippen LogP contribution is 2.34. The number of rotatable bonds is 4. The van der Waals surface area contributed by atoms with Crippen molar-refractivity contribution in [2.45, 2.75) is 31.3 Å². The number of fused-ring (bicyclic) bond motifs is 4. The number of nitrogens with one attached hydrogen (secondary N) is 2. The Bertz CT molecular complexity index is 910. The average molecular weight is 360 g/mol. The lowest BCUT2D eigenvalue weighted by atomic mass is 9.76. The summed E-state index contributed by atoms with van der Waals surface area (Å²) in [7, 11) is 0. The fourth-order valence-corrected chi connectivity index (χ4v) is 4.81. The van der Waals surface area contributed by atoms with Gasteiger partial charge in [-0.15, -0.1) is 0 Å². The van der Waals surface area contributed by atoms with E-state index in [1.165, 1.54) is 18.4 Å². The monoisotopic (exact) mass is 360 g/mol. The van der Waals surface area contributed by atoms with Crippen LogP contribution in [0.4, 0.5) is 0 Å². The molecule has 3 fully saturated rings. The molecule has 2 unspecified atom stereocenters. The SMILES string of the molecule is O=C(NC1C2CCN(CC2)C1Cc1cccnc1)c1cc2ccccc2[nH]1. The first-order chi connectivity index (χ1) is 13.3. The average Bonchev–Trinajstić information content (AvgIpc) is 3.16. The number of benzene rings is 1. The van der Waals surface area contributed by atoms with E-state index < -0.39 is 0 Å². The summed E-state index contributed by atoms with van der Waals surface area (Å²) in [5.74, 6) is 0.561. The molecule has 0 spiro atoms. The molecule has 0 radical (unpaired) electrons. The van der Waals surface area contributed by atoms with Crippen LogP contribution >= 0.6 is 0 Å². The summed E-state index contributed by atoms with van der Waals surface area (Å²) in [6, 6.07) is 14.6. The van der Waals surface area contributed by atoms with Crippen LogP contribution in [0.1, 0.15) is 28.9 Å².